The Morgan fingerprint density at radius 1 is 1.30 bits per heavy atom. The largest absolute Gasteiger partial charge is 0.368 e. The molecule has 3 aromatic rings. The van der Waals surface area contributed by atoms with Crippen LogP contribution in [0.25, 0.3) is 11.0 Å². The summed E-state index contributed by atoms with van der Waals surface area (Å²) in [6, 6.07) is 9.60. The summed E-state index contributed by atoms with van der Waals surface area (Å²) in [5.41, 5.74) is 7.62. The zero-order valence-electron chi connectivity index (χ0n) is 12.6. The van der Waals surface area contributed by atoms with E-state index in [0.29, 0.717) is 11.0 Å². The number of nitrogen functional groups attached to an aromatic ring is 1. The molecule has 0 aliphatic carbocycles. The smallest absolute Gasteiger partial charge is 0.223 e. The summed E-state index contributed by atoms with van der Waals surface area (Å²) >= 11 is 7.73. The molecular weight excluding hydrogens is 332 g/mol. The number of para-hydroxylation sites is 2. The number of hydrogen-bond acceptors (Lipinski definition) is 6. The molecule has 0 bridgehead atoms. The zero-order chi connectivity index (χ0) is 16.2. The van der Waals surface area contributed by atoms with Gasteiger partial charge in [0.2, 0.25) is 5.95 Å². The molecule has 0 saturated heterocycles. The fourth-order valence-corrected chi connectivity index (χ4v) is 3.00. The van der Waals surface area contributed by atoms with Gasteiger partial charge >= 0.3 is 0 Å². The van der Waals surface area contributed by atoms with E-state index in [4.69, 9.17) is 17.3 Å². The highest BCUT2D eigenvalue weighted by atomic mass is 35.5. The van der Waals surface area contributed by atoms with E-state index < -0.39 is 0 Å². The Hall–Kier alpha value is -1.99. The Morgan fingerprint density at radius 3 is 2.87 bits per heavy atom. The second-order valence-corrected chi connectivity index (χ2v) is 6.42. The van der Waals surface area contributed by atoms with Crippen LogP contribution in [0.2, 0.25) is 5.15 Å². The molecule has 0 spiro atoms. The molecule has 3 rings (SSSR count). The van der Waals surface area contributed by atoms with Crippen molar-refractivity contribution in [3.63, 3.8) is 0 Å². The zero-order valence-corrected chi connectivity index (χ0v) is 14.2. The number of nitrogens with zero attached hydrogens (tertiary/aromatic N) is 3. The number of aromatic nitrogens is 4. The summed E-state index contributed by atoms with van der Waals surface area (Å²) in [7, 11) is 0. The molecule has 0 fully saturated rings. The van der Waals surface area contributed by atoms with Gasteiger partial charge in [-0.15, -0.1) is 0 Å². The molecule has 8 heteroatoms. The number of rotatable bonds is 6. The van der Waals surface area contributed by atoms with E-state index in [1.165, 1.54) is 0 Å². The number of hydrogen-bond donors (Lipinski definition) is 3. The van der Waals surface area contributed by atoms with Crippen LogP contribution in [0.4, 0.5) is 11.8 Å². The van der Waals surface area contributed by atoms with Crippen molar-refractivity contribution in [2.45, 2.75) is 12.5 Å². The third kappa shape index (κ3) is 3.86. The van der Waals surface area contributed by atoms with Crippen LogP contribution in [0.15, 0.2) is 30.3 Å². The third-order valence-electron chi connectivity index (χ3n) is 3.38. The van der Waals surface area contributed by atoms with Gasteiger partial charge < -0.3 is 16.0 Å². The van der Waals surface area contributed by atoms with Crippen molar-refractivity contribution in [1.82, 2.24) is 19.9 Å². The van der Waals surface area contributed by atoms with Crippen molar-refractivity contribution >= 4 is 46.2 Å². The molecule has 2 heterocycles. The molecule has 6 nitrogen and oxygen atoms in total. The second kappa shape index (κ2) is 7.06. The summed E-state index contributed by atoms with van der Waals surface area (Å²) in [6.07, 6.45) is 2.97. The van der Waals surface area contributed by atoms with Gasteiger partial charge in [0.15, 0.2) is 0 Å². The minimum Gasteiger partial charge on any atom is -0.368 e. The summed E-state index contributed by atoms with van der Waals surface area (Å²) in [5.74, 6) is 2.60. The first-order valence-corrected chi connectivity index (χ1v) is 8.93. The monoisotopic (exact) mass is 348 g/mol. The lowest BCUT2D eigenvalue weighted by molar-refractivity contribution is 0.709. The van der Waals surface area contributed by atoms with Gasteiger partial charge in [-0.05, 0) is 30.6 Å². The average molecular weight is 349 g/mol. The van der Waals surface area contributed by atoms with Crippen LogP contribution in [0.3, 0.4) is 0 Å². The molecule has 120 valence electrons. The van der Waals surface area contributed by atoms with E-state index in [2.05, 4.69) is 31.5 Å². The molecule has 0 aliphatic heterocycles. The minimum atomic E-state index is -0.0137. The SMILES string of the molecule is CSCC[C@@H](Nc1cc(Cl)nc(N)n1)c1nc2ccccc2[nH]1. The highest BCUT2D eigenvalue weighted by molar-refractivity contribution is 7.98. The van der Waals surface area contributed by atoms with Crippen LogP contribution in [0.1, 0.15) is 18.3 Å². The highest BCUT2D eigenvalue weighted by Gasteiger charge is 2.16. The second-order valence-electron chi connectivity index (χ2n) is 5.05. The summed E-state index contributed by atoms with van der Waals surface area (Å²) in [4.78, 5) is 16.1. The van der Waals surface area contributed by atoms with Crippen molar-refractivity contribution in [2.24, 2.45) is 0 Å². The first-order valence-electron chi connectivity index (χ1n) is 7.16. The standard InChI is InChI=1S/C15H17ClN6S/c1-23-7-6-11(18-13-8-12(16)21-15(17)22-13)14-19-9-4-2-3-5-10(9)20-14/h2-5,8,11H,6-7H2,1H3,(H,19,20)(H3,17,18,21,22)/t11-/m1/s1. The first kappa shape index (κ1) is 15.9. The van der Waals surface area contributed by atoms with Gasteiger partial charge in [-0.25, -0.2) is 9.97 Å². The number of aromatic amines is 1. The van der Waals surface area contributed by atoms with Crippen LogP contribution in [-0.4, -0.2) is 31.9 Å². The van der Waals surface area contributed by atoms with Crippen molar-refractivity contribution in [1.29, 1.82) is 0 Å². The van der Waals surface area contributed by atoms with Crippen LogP contribution >= 0.6 is 23.4 Å². The molecule has 0 aliphatic rings. The van der Waals surface area contributed by atoms with Crippen LogP contribution in [-0.2, 0) is 0 Å². The van der Waals surface area contributed by atoms with E-state index in [0.717, 1.165) is 29.0 Å². The van der Waals surface area contributed by atoms with Crippen LogP contribution in [0, 0.1) is 0 Å². The maximum absolute atomic E-state index is 5.95. The molecule has 1 aromatic carbocycles. The topological polar surface area (TPSA) is 92.5 Å². The fourth-order valence-electron chi connectivity index (χ4n) is 2.34. The number of thioether (sulfide) groups is 1. The van der Waals surface area contributed by atoms with E-state index in [-0.39, 0.29) is 12.0 Å². The normalized spacial score (nSPS) is 12.4. The van der Waals surface area contributed by atoms with Gasteiger partial charge in [-0.3, -0.25) is 0 Å². The molecule has 0 saturated carbocycles. The van der Waals surface area contributed by atoms with Crippen molar-refractivity contribution in [3.05, 3.63) is 41.3 Å². The van der Waals surface area contributed by atoms with E-state index in [1.54, 1.807) is 17.8 Å². The number of H-pyrrole nitrogens is 1. The lowest BCUT2D eigenvalue weighted by Crippen LogP contribution is -2.15. The number of nitrogens with two attached hydrogens (primary N) is 1. The Balaban J connectivity index is 1.90. The number of anilines is 2. The molecule has 23 heavy (non-hydrogen) atoms. The van der Waals surface area contributed by atoms with Crippen molar-refractivity contribution in [2.75, 3.05) is 23.1 Å². The van der Waals surface area contributed by atoms with Gasteiger partial charge in [-0.2, -0.15) is 16.7 Å². The Kier molecular flexibility index (Phi) is 4.88. The molecule has 0 amide bonds. The summed E-state index contributed by atoms with van der Waals surface area (Å²) < 4.78 is 0. The molecule has 0 radical (unpaired) electrons. The Bertz CT molecular complexity index is 752. The third-order valence-corrected chi connectivity index (χ3v) is 4.22. The van der Waals surface area contributed by atoms with Gasteiger partial charge in [0, 0.05) is 6.07 Å². The van der Waals surface area contributed by atoms with Gasteiger partial charge in [0.25, 0.3) is 0 Å². The van der Waals surface area contributed by atoms with Crippen LogP contribution < -0.4 is 11.1 Å². The van der Waals surface area contributed by atoms with Crippen LogP contribution in [0.5, 0.6) is 0 Å². The predicted molar refractivity (Wildman–Crippen MR) is 96.9 cm³/mol. The van der Waals surface area contributed by atoms with E-state index in [9.17, 15) is 0 Å². The predicted octanol–water partition coefficient (Wildman–Crippen LogP) is 3.49. The van der Waals surface area contributed by atoms with Crippen molar-refractivity contribution in [3.8, 4) is 0 Å². The number of nitrogens with one attached hydrogen (secondary N) is 2. The van der Waals surface area contributed by atoms with E-state index >= 15 is 0 Å². The van der Waals surface area contributed by atoms with Gasteiger partial charge in [-0.1, -0.05) is 23.7 Å². The highest BCUT2D eigenvalue weighted by Crippen LogP contribution is 2.24. The first-order chi connectivity index (χ1) is 11.2. The van der Waals surface area contributed by atoms with E-state index in [1.807, 2.05) is 24.3 Å². The fraction of sp³-hybridized carbons (Fsp3) is 0.267. The number of fused-ring (bicyclic) bond motifs is 1. The van der Waals surface area contributed by atoms with Gasteiger partial charge in [0.05, 0.1) is 17.1 Å². The quantitative estimate of drug-likeness (QED) is 0.590. The minimum absolute atomic E-state index is 0.0137. The molecule has 0 unspecified atom stereocenters. The molecule has 1 atom stereocenters. The number of benzene rings is 1. The lowest BCUT2D eigenvalue weighted by atomic mass is 10.2. The molecular formula is C15H17ClN6S. The summed E-state index contributed by atoms with van der Waals surface area (Å²) in [5, 5.41) is 3.66. The van der Waals surface area contributed by atoms with Crippen molar-refractivity contribution < 1.29 is 0 Å². The lowest BCUT2D eigenvalue weighted by Gasteiger charge is -2.17. The Labute approximate surface area is 143 Å². The maximum Gasteiger partial charge on any atom is 0.223 e. The molecule has 2 aromatic heterocycles. The maximum atomic E-state index is 5.95. The average Bonchev–Trinajstić information content (AvgIpc) is 2.94. The molecule has 4 N–H and O–H groups in total. The van der Waals surface area contributed by atoms with Gasteiger partial charge in [0.1, 0.15) is 16.8 Å². The number of imidazole rings is 1. The number of halogens is 1. The summed E-state index contributed by atoms with van der Waals surface area (Å²) in [6.45, 7) is 0. The Morgan fingerprint density at radius 2 is 2.13 bits per heavy atom.